The highest BCUT2D eigenvalue weighted by Crippen LogP contribution is 2.20. The normalized spacial score (nSPS) is 16.9. The molecule has 1 heterocycles. The summed E-state index contributed by atoms with van der Waals surface area (Å²) in [4.78, 5) is 14.2. The molecule has 1 aromatic rings. The first-order valence-electron chi connectivity index (χ1n) is 6.84. The summed E-state index contributed by atoms with van der Waals surface area (Å²) in [6.45, 7) is 7.11. The molecule has 20 heavy (non-hydrogen) atoms. The third kappa shape index (κ3) is 4.02. The lowest BCUT2D eigenvalue weighted by molar-refractivity contribution is -0.124. The lowest BCUT2D eigenvalue weighted by Gasteiger charge is -2.30. The van der Waals surface area contributed by atoms with E-state index in [0.29, 0.717) is 19.8 Å². The topological polar surface area (TPSA) is 41.6 Å². The number of amides is 1. The third-order valence-electron chi connectivity index (χ3n) is 3.49. The number of nitrogens with one attached hydrogen (secondary N) is 1. The van der Waals surface area contributed by atoms with Crippen molar-refractivity contribution < 1.29 is 13.9 Å². The lowest BCUT2D eigenvalue weighted by Crippen LogP contribution is -2.48. The number of hydrogen-bond acceptors (Lipinski definition) is 3. The van der Waals surface area contributed by atoms with Crippen LogP contribution in [0.4, 0.5) is 4.39 Å². The quantitative estimate of drug-likeness (QED) is 0.909. The Morgan fingerprint density at radius 3 is 2.50 bits per heavy atom. The van der Waals surface area contributed by atoms with Gasteiger partial charge < -0.3 is 10.1 Å². The molecule has 0 spiro atoms. The van der Waals surface area contributed by atoms with Crippen molar-refractivity contribution in [3.8, 4) is 0 Å². The second kappa shape index (κ2) is 6.33. The van der Waals surface area contributed by atoms with Gasteiger partial charge in [0, 0.05) is 13.1 Å². The minimum absolute atomic E-state index is 0.0266. The van der Waals surface area contributed by atoms with E-state index in [1.54, 1.807) is 12.1 Å². The Morgan fingerprint density at radius 2 is 1.90 bits per heavy atom. The highest BCUT2D eigenvalue weighted by Gasteiger charge is 2.24. The van der Waals surface area contributed by atoms with E-state index in [1.165, 1.54) is 12.1 Å². The summed E-state index contributed by atoms with van der Waals surface area (Å²) in [6.07, 6.45) is 0. The fourth-order valence-electron chi connectivity index (χ4n) is 2.29. The molecule has 2 rings (SSSR count). The maximum Gasteiger partial charge on any atom is 0.234 e. The van der Waals surface area contributed by atoms with Gasteiger partial charge in [-0.15, -0.1) is 0 Å². The van der Waals surface area contributed by atoms with Gasteiger partial charge in [0.05, 0.1) is 25.3 Å². The average molecular weight is 280 g/mol. The van der Waals surface area contributed by atoms with E-state index in [1.807, 2.05) is 13.8 Å². The number of ether oxygens (including phenoxy) is 1. The molecule has 1 N–H and O–H groups in total. The predicted octanol–water partition coefficient (Wildman–Crippen LogP) is 1.51. The summed E-state index contributed by atoms with van der Waals surface area (Å²) in [5.41, 5.74) is 0.367. The minimum atomic E-state index is -0.517. The van der Waals surface area contributed by atoms with E-state index < -0.39 is 5.54 Å². The molecule has 0 radical (unpaired) electrons. The Bertz CT molecular complexity index is 453. The molecule has 110 valence electrons. The van der Waals surface area contributed by atoms with Crippen molar-refractivity contribution in [3.05, 3.63) is 35.6 Å². The molecule has 1 amide bonds. The Balaban J connectivity index is 1.93. The van der Waals surface area contributed by atoms with Crippen molar-refractivity contribution in [2.75, 3.05) is 32.8 Å². The maximum absolute atomic E-state index is 12.9. The van der Waals surface area contributed by atoms with Crippen LogP contribution in [0, 0.1) is 5.82 Å². The van der Waals surface area contributed by atoms with Gasteiger partial charge in [0.25, 0.3) is 0 Å². The third-order valence-corrected chi connectivity index (χ3v) is 3.49. The van der Waals surface area contributed by atoms with Crippen LogP contribution in [0.25, 0.3) is 0 Å². The summed E-state index contributed by atoms with van der Waals surface area (Å²) >= 11 is 0. The number of morpholine rings is 1. The average Bonchev–Trinajstić information content (AvgIpc) is 2.39. The van der Waals surface area contributed by atoms with E-state index in [2.05, 4.69) is 10.2 Å². The van der Waals surface area contributed by atoms with E-state index in [-0.39, 0.29) is 11.7 Å². The molecule has 0 saturated carbocycles. The van der Waals surface area contributed by atoms with Crippen molar-refractivity contribution in [3.63, 3.8) is 0 Å². The maximum atomic E-state index is 12.9. The van der Waals surface area contributed by atoms with Gasteiger partial charge in [-0.3, -0.25) is 9.69 Å². The molecule has 0 aromatic heterocycles. The number of carbonyl (C=O) groups excluding carboxylic acids is 1. The largest absolute Gasteiger partial charge is 0.379 e. The molecule has 1 fully saturated rings. The molecule has 0 atom stereocenters. The number of halogens is 1. The van der Waals surface area contributed by atoms with Crippen molar-refractivity contribution in [1.82, 2.24) is 10.2 Å². The summed E-state index contributed by atoms with van der Waals surface area (Å²) in [5, 5.41) is 3.00. The van der Waals surface area contributed by atoms with Gasteiger partial charge >= 0.3 is 0 Å². The first-order chi connectivity index (χ1) is 9.47. The minimum Gasteiger partial charge on any atom is -0.379 e. The monoisotopic (exact) mass is 280 g/mol. The molecule has 1 aliphatic heterocycles. The van der Waals surface area contributed by atoms with E-state index in [4.69, 9.17) is 4.74 Å². The Kier molecular flexibility index (Phi) is 4.73. The molecule has 1 aromatic carbocycles. The molecular weight excluding hydrogens is 259 g/mol. The molecule has 1 aliphatic rings. The van der Waals surface area contributed by atoms with E-state index in [9.17, 15) is 9.18 Å². The predicted molar refractivity (Wildman–Crippen MR) is 74.8 cm³/mol. The van der Waals surface area contributed by atoms with Crippen LogP contribution < -0.4 is 5.32 Å². The zero-order valence-electron chi connectivity index (χ0n) is 12.0. The van der Waals surface area contributed by atoms with E-state index in [0.717, 1.165) is 18.7 Å². The highest BCUT2D eigenvalue weighted by atomic mass is 19.1. The van der Waals surface area contributed by atoms with Crippen molar-refractivity contribution >= 4 is 5.91 Å². The van der Waals surface area contributed by atoms with Crippen LogP contribution in [-0.4, -0.2) is 43.7 Å². The fraction of sp³-hybridized carbons (Fsp3) is 0.533. The molecule has 0 aliphatic carbocycles. The van der Waals surface area contributed by atoms with Gasteiger partial charge in [0.15, 0.2) is 0 Å². The van der Waals surface area contributed by atoms with Gasteiger partial charge in [0.1, 0.15) is 5.82 Å². The van der Waals surface area contributed by atoms with Crippen LogP contribution in [0.2, 0.25) is 0 Å². The van der Waals surface area contributed by atoms with E-state index >= 15 is 0 Å². The first kappa shape index (κ1) is 14.9. The molecule has 0 unspecified atom stereocenters. The lowest BCUT2D eigenvalue weighted by atomic mass is 9.94. The zero-order chi connectivity index (χ0) is 14.6. The summed E-state index contributed by atoms with van der Waals surface area (Å²) < 4.78 is 18.2. The standard InChI is InChI=1S/C15H21FN2O2/c1-15(2,12-3-5-13(16)6-4-12)17-14(19)11-18-7-9-20-10-8-18/h3-6H,7-11H2,1-2H3,(H,17,19). The molecule has 1 saturated heterocycles. The van der Waals surface area contributed by atoms with Crippen molar-refractivity contribution in [2.24, 2.45) is 0 Å². The molecule has 0 bridgehead atoms. The summed E-state index contributed by atoms with van der Waals surface area (Å²) in [6, 6.07) is 6.21. The number of benzene rings is 1. The first-order valence-corrected chi connectivity index (χ1v) is 6.84. The van der Waals surface area contributed by atoms with Gasteiger partial charge in [-0.05, 0) is 31.5 Å². The van der Waals surface area contributed by atoms with Crippen LogP contribution in [0.5, 0.6) is 0 Å². The molecule has 5 heteroatoms. The smallest absolute Gasteiger partial charge is 0.234 e. The second-order valence-corrected chi connectivity index (χ2v) is 5.57. The highest BCUT2D eigenvalue weighted by molar-refractivity contribution is 5.79. The second-order valence-electron chi connectivity index (χ2n) is 5.57. The van der Waals surface area contributed by atoms with Crippen LogP contribution >= 0.6 is 0 Å². The van der Waals surface area contributed by atoms with Gasteiger partial charge in [-0.25, -0.2) is 4.39 Å². The van der Waals surface area contributed by atoms with Crippen molar-refractivity contribution in [1.29, 1.82) is 0 Å². The zero-order valence-corrected chi connectivity index (χ0v) is 12.0. The fourth-order valence-corrected chi connectivity index (χ4v) is 2.29. The number of hydrogen-bond donors (Lipinski definition) is 1. The SMILES string of the molecule is CC(C)(NC(=O)CN1CCOCC1)c1ccc(F)cc1. The van der Waals surface area contributed by atoms with Crippen LogP contribution in [0.1, 0.15) is 19.4 Å². The Labute approximate surface area is 118 Å². The number of nitrogens with zero attached hydrogens (tertiary/aromatic N) is 1. The Morgan fingerprint density at radius 1 is 1.30 bits per heavy atom. The van der Waals surface area contributed by atoms with Crippen LogP contribution in [-0.2, 0) is 15.1 Å². The van der Waals surface area contributed by atoms with Gasteiger partial charge in [0.2, 0.25) is 5.91 Å². The number of carbonyl (C=O) groups is 1. The number of rotatable bonds is 4. The summed E-state index contributed by atoms with van der Waals surface area (Å²) in [5.74, 6) is -0.301. The summed E-state index contributed by atoms with van der Waals surface area (Å²) in [7, 11) is 0. The van der Waals surface area contributed by atoms with Gasteiger partial charge in [-0.2, -0.15) is 0 Å². The van der Waals surface area contributed by atoms with Gasteiger partial charge in [-0.1, -0.05) is 12.1 Å². The molecular formula is C15H21FN2O2. The van der Waals surface area contributed by atoms with Crippen LogP contribution in [0.3, 0.4) is 0 Å². The molecule has 4 nitrogen and oxygen atoms in total. The van der Waals surface area contributed by atoms with Crippen molar-refractivity contribution in [2.45, 2.75) is 19.4 Å². The Hall–Kier alpha value is -1.46. The van der Waals surface area contributed by atoms with Crippen LogP contribution in [0.15, 0.2) is 24.3 Å².